The molecule has 0 saturated heterocycles. The molecule has 3 heterocycles. The van der Waals surface area contributed by atoms with Crippen LogP contribution in [0.3, 0.4) is 0 Å². The molecule has 0 atom stereocenters. The van der Waals surface area contributed by atoms with Crippen LogP contribution >= 0.6 is 0 Å². The van der Waals surface area contributed by atoms with Crippen LogP contribution < -0.4 is 20.2 Å². The Bertz CT molecular complexity index is 1730. The third-order valence-corrected chi connectivity index (χ3v) is 5.80. The molecule has 10 nitrogen and oxygen atoms in total. The Morgan fingerprint density at radius 3 is 2.68 bits per heavy atom. The molecule has 1 amide bonds. The van der Waals surface area contributed by atoms with E-state index in [1.807, 2.05) is 0 Å². The standard InChI is InChI=1S/C27H22FN5O5/c1-15-7-9-19-24(35)20(27-31-25(32-38-27)16-5-4-6-17(28)11-16)13-33(26(19)29-15)14-23(34)30-21-10-8-18(36-2)12-22(21)37-3/h4-13H,14H2,1-3H3,(H,30,34). The van der Waals surface area contributed by atoms with Crippen LogP contribution in [-0.4, -0.2) is 39.8 Å². The Morgan fingerprint density at radius 2 is 1.92 bits per heavy atom. The molecule has 0 aliphatic carbocycles. The number of aryl methyl sites for hydroxylation is 1. The first-order valence-electron chi connectivity index (χ1n) is 11.5. The van der Waals surface area contributed by atoms with Crippen molar-refractivity contribution < 1.29 is 23.2 Å². The molecule has 38 heavy (non-hydrogen) atoms. The van der Waals surface area contributed by atoms with E-state index in [0.29, 0.717) is 34.1 Å². The van der Waals surface area contributed by atoms with Crippen LogP contribution in [0.2, 0.25) is 0 Å². The second-order valence-corrected chi connectivity index (χ2v) is 8.37. The number of hydrogen-bond acceptors (Lipinski definition) is 8. The molecule has 0 radical (unpaired) electrons. The molecule has 0 spiro atoms. The number of pyridine rings is 2. The summed E-state index contributed by atoms with van der Waals surface area (Å²) in [5.41, 5.74) is 1.52. The van der Waals surface area contributed by atoms with E-state index >= 15 is 0 Å². The van der Waals surface area contributed by atoms with Gasteiger partial charge in [0.15, 0.2) is 0 Å². The van der Waals surface area contributed by atoms with Crippen molar-refractivity contribution in [1.29, 1.82) is 0 Å². The van der Waals surface area contributed by atoms with E-state index < -0.39 is 17.2 Å². The summed E-state index contributed by atoms with van der Waals surface area (Å²) in [5.74, 6) is 0.210. The van der Waals surface area contributed by atoms with Crippen molar-refractivity contribution in [1.82, 2.24) is 19.7 Å². The molecule has 1 N–H and O–H groups in total. The van der Waals surface area contributed by atoms with Crippen LogP contribution in [0.1, 0.15) is 5.69 Å². The van der Waals surface area contributed by atoms with Crippen molar-refractivity contribution in [2.75, 3.05) is 19.5 Å². The molecule has 0 unspecified atom stereocenters. The lowest BCUT2D eigenvalue weighted by molar-refractivity contribution is -0.116. The molecule has 3 aromatic heterocycles. The summed E-state index contributed by atoms with van der Waals surface area (Å²) >= 11 is 0. The molecule has 0 aliphatic heterocycles. The number of fused-ring (bicyclic) bond motifs is 1. The molecule has 0 bridgehead atoms. The monoisotopic (exact) mass is 515 g/mol. The summed E-state index contributed by atoms with van der Waals surface area (Å²) in [5, 5.41) is 6.98. The number of benzene rings is 2. The van der Waals surface area contributed by atoms with Crippen molar-refractivity contribution in [3.05, 3.63) is 82.5 Å². The number of carbonyl (C=O) groups is 1. The molecule has 192 valence electrons. The van der Waals surface area contributed by atoms with Crippen LogP contribution in [0.5, 0.6) is 11.5 Å². The third-order valence-electron chi connectivity index (χ3n) is 5.80. The lowest BCUT2D eigenvalue weighted by Gasteiger charge is -2.14. The van der Waals surface area contributed by atoms with Crippen molar-refractivity contribution in [2.45, 2.75) is 13.5 Å². The largest absolute Gasteiger partial charge is 0.497 e. The first kappa shape index (κ1) is 24.6. The minimum Gasteiger partial charge on any atom is -0.497 e. The van der Waals surface area contributed by atoms with Crippen molar-refractivity contribution in [2.24, 2.45) is 0 Å². The number of ether oxygens (including phenoxy) is 2. The molecule has 11 heteroatoms. The van der Waals surface area contributed by atoms with Gasteiger partial charge < -0.3 is 23.9 Å². The SMILES string of the molecule is COc1ccc(NC(=O)Cn2cc(-c3nc(-c4cccc(F)c4)no3)c(=O)c3ccc(C)nc32)c(OC)c1. The molecule has 0 saturated carbocycles. The number of nitrogens with one attached hydrogen (secondary N) is 1. The van der Waals surface area contributed by atoms with E-state index in [4.69, 9.17) is 14.0 Å². The van der Waals surface area contributed by atoms with Gasteiger partial charge in [-0.2, -0.15) is 4.98 Å². The zero-order valence-corrected chi connectivity index (χ0v) is 20.7. The maximum Gasteiger partial charge on any atom is 0.263 e. The highest BCUT2D eigenvalue weighted by Gasteiger charge is 2.20. The van der Waals surface area contributed by atoms with E-state index in [0.717, 1.165) is 0 Å². The van der Waals surface area contributed by atoms with Crippen LogP contribution in [0.25, 0.3) is 33.9 Å². The highest BCUT2D eigenvalue weighted by molar-refractivity contribution is 5.93. The number of rotatable bonds is 7. The fourth-order valence-electron chi connectivity index (χ4n) is 3.96. The van der Waals surface area contributed by atoms with E-state index in [1.54, 1.807) is 43.3 Å². The first-order valence-corrected chi connectivity index (χ1v) is 11.5. The first-order chi connectivity index (χ1) is 18.4. The Balaban J connectivity index is 1.53. The Hall–Kier alpha value is -5.06. The Labute approximate surface area is 215 Å². The normalized spacial score (nSPS) is 10.9. The van der Waals surface area contributed by atoms with E-state index in [2.05, 4.69) is 20.4 Å². The Morgan fingerprint density at radius 1 is 1.08 bits per heavy atom. The predicted octanol–water partition coefficient (Wildman–Crippen LogP) is 4.22. The van der Waals surface area contributed by atoms with Gasteiger partial charge in [0.25, 0.3) is 5.89 Å². The van der Waals surface area contributed by atoms with Gasteiger partial charge in [0.1, 0.15) is 35.1 Å². The highest BCUT2D eigenvalue weighted by atomic mass is 19.1. The van der Waals surface area contributed by atoms with Gasteiger partial charge in [-0.1, -0.05) is 17.3 Å². The number of anilines is 1. The number of halogens is 1. The molecular formula is C27H22FN5O5. The van der Waals surface area contributed by atoms with Gasteiger partial charge in [-0.05, 0) is 43.3 Å². The second kappa shape index (κ2) is 10.1. The summed E-state index contributed by atoms with van der Waals surface area (Å²) in [6.45, 7) is 1.61. The molecule has 5 rings (SSSR count). The van der Waals surface area contributed by atoms with Gasteiger partial charge in [0, 0.05) is 23.5 Å². The van der Waals surface area contributed by atoms with E-state index in [9.17, 15) is 14.0 Å². The van der Waals surface area contributed by atoms with Gasteiger partial charge in [-0.3, -0.25) is 9.59 Å². The number of amides is 1. The average molecular weight is 516 g/mol. The topological polar surface area (TPSA) is 121 Å². The fraction of sp³-hybridized carbons (Fsp3) is 0.148. The number of aromatic nitrogens is 4. The summed E-state index contributed by atoms with van der Waals surface area (Å²) in [6, 6.07) is 14.1. The van der Waals surface area contributed by atoms with Gasteiger partial charge in [-0.25, -0.2) is 9.37 Å². The Kier molecular flexibility index (Phi) is 6.56. The van der Waals surface area contributed by atoms with Crippen LogP contribution in [0.4, 0.5) is 10.1 Å². The molecular weight excluding hydrogens is 493 g/mol. The zero-order valence-electron chi connectivity index (χ0n) is 20.7. The molecule has 5 aromatic rings. The molecule has 0 fully saturated rings. The molecule has 0 aliphatic rings. The van der Waals surface area contributed by atoms with Gasteiger partial charge in [0.2, 0.25) is 17.2 Å². The van der Waals surface area contributed by atoms with Gasteiger partial charge in [-0.15, -0.1) is 0 Å². The quantitative estimate of drug-likeness (QED) is 0.342. The van der Waals surface area contributed by atoms with Crippen molar-refractivity contribution in [3.63, 3.8) is 0 Å². The van der Waals surface area contributed by atoms with Gasteiger partial charge >= 0.3 is 0 Å². The summed E-state index contributed by atoms with van der Waals surface area (Å²) in [6.07, 6.45) is 1.45. The predicted molar refractivity (Wildman–Crippen MR) is 138 cm³/mol. The molecule has 2 aromatic carbocycles. The number of carbonyl (C=O) groups excluding carboxylic acids is 1. The van der Waals surface area contributed by atoms with Crippen LogP contribution in [0, 0.1) is 12.7 Å². The van der Waals surface area contributed by atoms with Gasteiger partial charge in [0.05, 0.1) is 25.3 Å². The number of nitrogens with zero attached hydrogens (tertiary/aromatic N) is 4. The van der Waals surface area contributed by atoms with Crippen LogP contribution in [-0.2, 0) is 11.3 Å². The average Bonchev–Trinajstić information content (AvgIpc) is 3.40. The van der Waals surface area contributed by atoms with E-state index in [1.165, 1.54) is 43.2 Å². The minimum atomic E-state index is -0.456. The number of hydrogen-bond donors (Lipinski definition) is 1. The van der Waals surface area contributed by atoms with E-state index in [-0.39, 0.29) is 29.2 Å². The summed E-state index contributed by atoms with van der Waals surface area (Å²) < 4.78 is 31.1. The minimum absolute atomic E-state index is 0.0669. The second-order valence-electron chi connectivity index (χ2n) is 8.37. The van der Waals surface area contributed by atoms with Crippen molar-refractivity contribution in [3.8, 4) is 34.3 Å². The smallest absolute Gasteiger partial charge is 0.263 e. The van der Waals surface area contributed by atoms with Crippen LogP contribution in [0.15, 0.2) is 70.1 Å². The van der Waals surface area contributed by atoms with Crippen molar-refractivity contribution >= 4 is 22.6 Å². The lowest BCUT2D eigenvalue weighted by Crippen LogP contribution is -2.22. The highest BCUT2D eigenvalue weighted by Crippen LogP contribution is 2.29. The number of methoxy groups -OCH3 is 2. The summed E-state index contributed by atoms with van der Waals surface area (Å²) in [7, 11) is 3.02. The summed E-state index contributed by atoms with van der Waals surface area (Å²) in [4.78, 5) is 35.2. The maximum atomic E-state index is 13.7. The fourth-order valence-corrected chi connectivity index (χ4v) is 3.96. The lowest BCUT2D eigenvalue weighted by atomic mass is 10.1. The zero-order chi connectivity index (χ0) is 26.8. The third kappa shape index (κ3) is 4.81. The maximum absolute atomic E-state index is 13.7.